The molecule has 0 saturated heterocycles. The van der Waals surface area contributed by atoms with Crippen LogP contribution in [0.3, 0.4) is 0 Å². The number of amides is 3. The van der Waals surface area contributed by atoms with Crippen LogP contribution in [-0.2, 0) is 11.3 Å². The predicted octanol–water partition coefficient (Wildman–Crippen LogP) is 3.93. The highest BCUT2D eigenvalue weighted by Gasteiger charge is 2.16. The molecular formula is C25H33N5O2. The minimum Gasteiger partial charge on any atom is -0.342 e. The molecule has 3 rings (SSSR count). The van der Waals surface area contributed by atoms with Gasteiger partial charge < -0.3 is 25.0 Å². The molecule has 0 fully saturated rings. The van der Waals surface area contributed by atoms with E-state index >= 15 is 0 Å². The summed E-state index contributed by atoms with van der Waals surface area (Å²) in [7, 11) is 3.97. The molecule has 7 heteroatoms. The molecule has 0 radical (unpaired) electrons. The van der Waals surface area contributed by atoms with Crippen molar-refractivity contribution < 1.29 is 9.59 Å². The molecule has 0 aliphatic carbocycles. The van der Waals surface area contributed by atoms with E-state index in [9.17, 15) is 9.59 Å². The van der Waals surface area contributed by atoms with Crippen LogP contribution in [0.4, 0.5) is 10.5 Å². The summed E-state index contributed by atoms with van der Waals surface area (Å²) in [4.78, 5) is 29.0. The van der Waals surface area contributed by atoms with Gasteiger partial charge in [-0.05, 0) is 57.8 Å². The van der Waals surface area contributed by atoms with E-state index in [0.29, 0.717) is 31.9 Å². The Morgan fingerprint density at radius 1 is 1.00 bits per heavy atom. The number of fused-ring (bicyclic) bond motifs is 1. The summed E-state index contributed by atoms with van der Waals surface area (Å²) >= 11 is 0. The summed E-state index contributed by atoms with van der Waals surface area (Å²) in [5.41, 5.74) is 2.73. The van der Waals surface area contributed by atoms with Gasteiger partial charge in [-0.1, -0.05) is 30.3 Å². The molecule has 3 amide bonds. The summed E-state index contributed by atoms with van der Waals surface area (Å²) < 4.78 is 1.95. The first-order valence-corrected chi connectivity index (χ1v) is 11.0. The van der Waals surface area contributed by atoms with Crippen molar-refractivity contribution in [2.75, 3.05) is 39.0 Å². The first-order valence-electron chi connectivity index (χ1n) is 11.0. The Kier molecular flexibility index (Phi) is 7.89. The Morgan fingerprint density at radius 2 is 1.72 bits per heavy atom. The topological polar surface area (TPSA) is 69.6 Å². The molecule has 32 heavy (non-hydrogen) atoms. The summed E-state index contributed by atoms with van der Waals surface area (Å²) in [5, 5.41) is 6.99. The van der Waals surface area contributed by atoms with Gasteiger partial charge in [-0.15, -0.1) is 0 Å². The average molecular weight is 436 g/mol. The Hall–Kier alpha value is -3.32. The van der Waals surface area contributed by atoms with Gasteiger partial charge in [-0.25, -0.2) is 4.79 Å². The van der Waals surface area contributed by atoms with Gasteiger partial charge in [0, 0.05) is 42.4 Å². The minimum atomic E-state index is -0.254. The monoisotopic (exact) mass is 435 g/mol. The van der Waals surface area contributed by atoms with Crippen molar-refractivity contribution in [3.8, 4) is 0 Å². The molecule has 0 spiro atoms. The third-order valence-corrected chi connectivity index (χ3v) is 5.51. The van der Waals surface area contributed by atoms with Crippen LogP contribution in [0.25, 0.3) is 10.9 Å². The van der Waals surface area contributed by atoms with Crippen LogP contribution in [0.15, 0.2) is 60.8 Å². The Balaban J connectivity index is 1.69. The fourth-order valence-electron chi connectivity index (χ4n) is 3.85. The number of anilines is 1. The van der Waals surface area contributed by atoms with E-state index < -0.39 is 0 Å². The third kappa shape index (κ3) is 5.88. The van der Waals surface area contributed by atoms with Crippen LogP contribution < -0.4 is 10.6 Å². The Morgan fingerprint density at radius 3 is 2.38 bits per heavy atom. The fourth-order valence-corrected chi connectivity index (χ4v) is 3.85. The molecule has 1 heterocycles. The molecule has 1 unspecified atom stereocenters. The number of likely N-dealkylation sites (N-methyl/N-ethyl adjacent to an activating group) is 2. The number of hydrogen-bond acceptors (Lipinski definition) is 3. The number of benzene rings is 2. The Bertz CT molecular complexity index is 1040. The van der Waals surface area contributed by atoms with Gasteiger partial charge >= 0.3 is 6.03 Å². The largest absolute Gasteiger partial charge is 0.342 e. The molecule has 2 N–H and O–H groups in total. The van der Waals surface area contributed by atoms with Crippen molar-refractivity contribution in [3.05, 3.63) is 66.4 Å². The maximum atomic E-state index is 12.7. The van der Waals surface area contributed by atoms with Gasteiger partial charge in [0.2, 0.25) is 5.91 Å². The normalized spacial score (nSPS) is 12.0. The number of nitrogens with one attached hydrogen (secondary N) is 2. The lowest BCUT2D eigenvalue weighted by atomic mass is 10.1. The molecule has 170 valence electrons. The third-order valence-electron chi connectivity index (χ3n) is 5.51. The lowest BCUT2D eigenvalue weighted by Gasteiger charge is -2.23. The van der Waals surface area contributed by atoms with Gasteiger partial charge in [-0.2, -0.15) is 0 Å². The SMILES string of the molecule is CCN(CC)C(=O)Cn1ccc2cc(NC(=O)NC(CN(C)C)c3ccccc3)ccc21. The van der Waals surface area contributed by atoms with Crippen LogP contribution >= 0.6 is 0 Å². The molecule has 1 aromatic heterocycles. The number of carbonyl (C=O) groups excluding carboxylic acids is 2. The fraction of sp³-hybridized carbons (Fsp3) is 0.360. The smallest absolute Gasteiger partial charge is 0.319 e. The first kappa shape index (κ1) is 23.3. The maximum Gasteiger partial charge on any atom is 0.319 e. The second kappa shape index (κ2) is 10.8. The van der Waals surface area contributed by atoms with Gasteiger partial charge in [0.25, 0.3) is 0 Å². The zero-order valence-corrected chi connectivity index (χ0v) is 19.3. The van der Waals surface area contributed by atoms with Crippen molar-refractivity contribution in [1.29, 1.82) is 0 Å². The molecule has 7 nitrogen and oxygen atoms in total. The number of rotatable bonds is 9. The van der Waals surface area contributed by atoms with Crippen LogP contribution in [0, 0.1) is 0 Å². The second-order valence-corrected chi connectivity index (χ2v) is 8.11. The molecule has 3 aromatic rings. The lowest BCUT2D eigenvalue weighted by molar-refractivity contribution is -0.131. The van der Waals surface area contributed by atoms with E-state index in [4.69, 9.17) is 0 Å². The van der Waals surface area contributed by atoms with E-state index in [1.54, 1.807) is 0 Å². The van der Waals surface area contributed by atoms with Gasteiger partial charge in [0.05, 0.1) is 6.04 Å². The first-order chi connectivity index (χ1) is 15.4. The summed E-state index contributed by atoms with van der Waals surface area (Å²) in [6.45, 7) is 6.38. The zero-order chi connectivity index (χ0) is 23.1. The van der Waals surface area contributed by atoms with Crippen molar-refractivity contribution >= 4 is 28.5 Å². The molecule has 1 atom stereocenters. The average Bonchev–Trinajstić information content (AvgIpc) is 3.16. The van der Waals surface area contributed by atoms with Crippen LogP contribution in [0.2, 0.25) is 0 Å². The number of carbonyl (C=O) groups is 2. The van der Waals surface area contributed by atoms with Crippen LogP contribution in [0.5, 0.6) is 0 Å². The zero-order valence-electron chi connectivity index (χ0n) is 19.3. The number of nitrogens with zero attached hydrogens (tertiary/aromatic N) is 3. The van der Waals surface area contributed by atoms with E-state index in [1.807, 2.05) is 103 Å². The highest BCUT2D eigenvalue weighted by atomic mass is 16.2. The standard InChI is InChI=1S/C25H33N5O2/c1-5-29(6-2)24(31)18-30-15-14-20-16-21(12-13-23(20)30)26-25(32)27-22(17-28(3)4)19-10-8-7-9-11-19/h7-16,22H,5-6,17-18H2,1-4H3,(H2,26,27,32). The minimum absolute atomic E-state index is 0.0990. The van der Waals surface area contributed by atoms with Gasteiger partial charge in [0.1, 0.15) is 6.54 Å². The molecule has 0 aliphatic heterocycles. The van der Waals surface area contributed by atoms with Crippen LogP contribution in [-0.4, -0.2) is 60.0 Å². The van der Waals surface area contributed by atoms with E-state index in [2.05, 4.69) is 10.6 Å². The maximum absolute atomic E-state index is 12.7. The van der Waals surface area contributed by atoms with Crippen molar-refractivity contribution in [2.24, 2.45) is 0 Å². The molecular weight excluding hydrogens is 402 g/mol. The number of urea groups is 1. The predicted molar refractivity (Wildman–Crippen MR) is 130 cm³/mol. The van der Waals surface area contributed by atoms with Crippen molar-refractivity contribution in [1.82, 2.24) is 19.7 Å². The van der Waals surface area contributed by atoms with E-state index in [0.717, 1.165) is 16.5 Å². The summed E-state index contributed by atoms with van der Waals surface area (Å²) in [5.74, 6) is 0.0990. The van der Waals surface area contributed by atoms with E-state index in [-0.39, 0.29) is 18.0 Å². The van der Waals surface area contributed by atoms with Crippen molar-refractivity contribution in [2.45, 2.75) is 26.4 Å². The van der Waals surface area contributed by atoms with Crippen molar-refractivity contribution in [3.63, 3.8) is 0 Å². The number of aromatic nitrogens is 1. The molecule has 0 saturated carbocycles. The summed E-state index contributed by atoms with van der Waals surface area (Å²) in [6, 6.07) is 17.3. The Labute approximate surface area is 190 Å². The highest BCUT2D eigenvalue weighted by molar-refractivity contribution is 5.93. The molecule has 0 bridgehead atoms. The quantitative estimate of drug-likeness (QED) is 0.535. The second-order valence-electron chi connectivity index (χ2n) is 8.11. The summed E-state index contributed by atoms with van der Waals surface area (Å²) in [6.07, 6.45) is 1.92. The van der Waals surface area contributed by atoms with E-state index in [1.165, 1.54) is 0 Å². The van der Waals surface area contributed by atoms with Crippen LogP contribution in [0.1, 0.15) is 25.5 Å². The highest BCUT2D eigenvalue weighted by Crippen LogP contribution is 2.21. The van der Waals surface area contributed by atoms with Gasteiger partial charge in [0.15, 0.2) is 0 Å². The van der Waals surface area contributed by atoms with Gasteiger partial charge in [-0.3, -0.25) is 4.79 Å². The lowest BCUT2D eigenvalue weighted by Crippen LogP contribution is -2.37. The number of hydrogen-bond donors (Lipinski definition) is 2. The molecule has 2 aromatic carbocycles. The molecule has 0 aliphatic rings.